The van der Waals surface area contributed by atoms with Crippen molar-refractivity contribution in [2.45, 2.75) is 12.6 Å². The third kappa shape index (κ3) is 3.78. The topological polar surface area (TPSA) is 101 Å². The number of nitrogens with zero attached hydrogens (tertiary/aromatic N) is 3. The molecular formula is C25H19ClN4O4. The van der Waals surface area contributed by atoms with Crippen molar-refractivity contribution in [3.05, 3.63) is 110 Å². The van der Waals surface area contributed by atoms with E-state index in [1.807, 2.05) is 36.4 Å². The van der Waals surface area contributed by atoms with Gasteiger partial charge in [0.25, 0.3) is 11.6 Å². The molecule has 2 heterocycles. The molecule has 34 heavy (non-hydrogen) atoms. The van der Waals surface area contributed by atoms with E-state index in [1.54, 1.807) is 36.3 Å². The fraction of sp³-hybridized carbons (Fsp3) is 0.120. The lowest BCUT2D eigenvalue weighted by atomic mass is 9.95. The van der Waals surface area contributed by atoms with Crippen LogP contribution in [0.3, 0.4) is 0 Å². The standard InChI is InChI=1S/C25H19ClN4O4/c1-34-20-11-5-15(6-12-20)14-29-24(17-3-2-4-19(13-17)30(32)33)21-22(27-28-23(21)25(29)31)16-7-9-18(26)10-8-16/h2-13,24H,14H2,1H3,(H,27,28). The van der Waals surface area contributed by atoms with Gasteiger partial charge in [0.2, 0.25) is 0 Å². The number of carbonyl (C=O) groups is 1. The molecule has 4 aromatic rings. The summed E-state index contributed by atoms with van der Waals surface area (Å²) in [6.45, 7) is 0.304. The highest BCUT2D eigenvalue weighted by atomic mass is 35.5. The number of carbonyl (C=O) groups excluding carboxylic acids is 1. The number of aromatic amines is 1. The number of methoxy groups -OCH3 is 1. The Balaban J connectivity index is 1.63. The zero-order chi connectivity index (χ0) is 23.8. The molecule has 1 atom stereocenters. The highest BCUT2D eigenvalue weighted by Gasteiger charge is 2.42. The van der Waals surface area contributed by atoms with Crippen LogP contribution in [0.2, 0.25) is 5.02 Å². The van der Waals surface area contributed by atoms with Crippen LogP contribution in [0.15, 0.2) is 72.8 Å². The van der Waals surface area contributed by atoms with Crippen LogP contribution in [0.4, 0.5) is 5.69 Å². The molecule has 3 aromatic carbocycles. The Bertz CT molecular complexity index is 1380. The van der Waals surface area contributed by atoms with E-state index >= 15 is 0 Å². The molecule has 1 aliphatic rings. The average molecular weight is 475 g/mol. The number of fused-ring (bicyclic) bond motifs is 1. The summed E-state index contributed by atoms with van der Waals surface area (Å²) >= 11 is 6.06. The van der Waals surface area contributed by atoms with Gasteiger partial charge in [0.05, 0.1) is 23.8 Å². The SMILES string of the molecule is COc1ccc(CN2C(=O)c3[nH]nc(-c4ccc(Cl)cc4)c3C2c2cccc([N+](=O)[O-])c2)cc1. The Labute approximate surface area is 199 Å². The van der Waals surface area contributed by atoms with Gasteiger partial charge in [0.15, 0.2) is 0 Å². The molecule has 9 heteroatoms. The quantitative estimate of drug-likeness (QED) is 0.298. The number of non-ortho nitro benzene ring substituents is 1. The van der Waals surface area contributed by atoms with Crippen molar-refractivity contribution >= 4 is 23.2 Å². The van der Waals surface area contributed by atoms with E-state index < -0.39 is 11.0 Å². The fourth-order valence-electron chi connectivity index (χ4n) is 4.27. The van der Waals surface area contributed by atoms with Crippen LogP contribution in [0.25, 0.3) is 11.3 Å². The number of nitro groups is 1. The van der Waals surface area contributed by atoms with Gasteiger partial charge < -0.3 is 9.64 Å². The minimum atomic E-state index is -0.561. The van der Waals surface area contributed by atoms with Gasteiger partial charge in [-0.3, -0.25) is 20.0 Å². The van der Waals surface area contributed by atoms with Gasteiger partial charge in [-0.05, 0) is 35.4 Å². The highest BCUT2D eigenvalue weighted by Crippen LogP contribution is 2.44. The predicted molar refractivity (Wildman–Crippen MR) is 127 cm³/mol. The van der Waals surface area contributed by atoms with Crippen molar-refractivity contribution in [1.82, 2.24) is 15.1 Å². The number of rotatable bonds is 6. The molecule has 1 aliphatic heterocycles. The lowest BCUT2D eigenvalue weighted by molar-refractivity contribution is -0.384. The Kier molecular flexibility index (Phi) is 5.51. The summed E-state index contributed by atoms with van der Waals surface area (Å²) in [4.78, 5) is 26.2. The lowest BCUT2D eigenvalue weighted by Gasteiger charge is -2.26. The molecular weight excluding hydrogens is 456 g/mol. The molecule has 1 aromatic heterocycles. The zero-order valence-electron chi connectivity index (χ0n) is 18.1. The van der Waals surface area contributed by atoms with Gasteiger partial charge in [-0.25, -0.2) is 0 Å². The number of halogens is 1. The van der Waals surface area contributed by atoms with E-state index in [4.69, 9.17) is 16.3 Å². The minimum absolute atomic E-state index is 0.0423. The molecule has 8 nitrogen and oxygen atoms in total. The molecule has 0 radical (unpaired) electrons. The highest BCUT2D eigenvalue weighted by molar-refractivity contribution is 6.30. The van der Waals surface area contributed by atoms with Crippen molar-refractivity contribution in [2.75, 3.05) is 7.11 Å². The summed E-state index contributed by atoms with van der Waals surface area (Å²) in [5, 5.41) is 19.4. The molecule has 170 valence electrons. The van der Waals surface area contributed by atoms with Crippen LogP contribution >= 0.6 is 11.6 Å². The number of aromatic nitrogens is 2. The number of nitrogens with one attached hydrogen (secondary N) is 1. The third-order valence-electron chi connectivity index (χ3n) is 5.89. The van der Waals surface area contributed by atoms with Crippen LogP contribution in [-0.4, -0.2) is 33.0 Å². The molecule has 1 N–H and O–H groups in total. The van der Waals surface area contributed by atoms with Gasteiger partial charge in [-0.2, -0.15) is 5.10 Å². The van der Waals surface area contributed by atoms with E-state index in [1.165, 1.54) is 12.1 Å². The van der Waals surface area contributed by atoms with E-state index in [2.05, 4.69) is 10.2 Å². The maximum atomic E-state index is 13.5. The van der Waals surface area contributed by atoms with Crippen molar-refractivity contribution in [3.63, 3.8) is 0 Å². The van der Waals surface area contributed by atoms with Crippen molar-refractivity contribution in [1.29, 1.82) is 0 Å². The minimum Gasteiger partial charge on any atom is -0.497 e. The Morgan fingerprint density at radius 1 is 1.12 bits per heavy atom. The number of amides is 1. The Morgan fingerprint density at radius 3 is 2.53 bits per heavy atom. The van der Waals surface area contributed by atoms with Crippen LogP contribution in [-0.2, 0) is 6.54 Å². The van der Waals surface area contributed by atoms with Gasteiger partial charge >= 0.3 is 0 Å². The second kappa shape index (κ2) is 8.64. The van der Waals surface area contributed by atoms with Gasteiger partial charge in [0.1, 0.15) is 11.4 Å². The zero-order valence-corrected chi connectivity index (χ0v) is 18.8. The van der Waals surface area contributed by atoms with Crippen LogP contribution < -0.4 is 4.74 Å². The lowest BCUT2D eigenvalue weighted by Crippen LogP contribution is -2.29. The molecule has 0 bridgehead atoms. The number of nitro benzene ring substituents is 1. The largest absolute Gasteiger partial charge is 0.497 e. The number of H-pyrrole nitrogens is 1. The summed E-state index contributed by atoms with van der Waals surface area (Å²) in [6.07, 6.45) is 0. The Morgan fingerprint density at radius 2 is 1.85 bits per heavy atom. The average Bonchev–Trinajstić information content (AvgIpc) is 3.39. The molecule has 0 saturated heterocycles. The molecule has 1 unspecified atom stereocenters. The van der Waals surface area contributed by atoms with E-state index in [9.17, 15) is 14.9 Å². The molecule has 0 spiro atoms. The summed E-state index contributed by atoms with van der Waals surface area (Å²) in [7, 11) is 1.59. The first kappa shape index (κ1) is 21.7. The summed E-state index contributed by atoms with van der Waals surface area (Å²) in [6, 6.07) is 20.4. The second-order valence-corrected chi connectivity index (χ2v) is 8.34. The molecule has 0 saturated carbocycles. The van der Waals surface area contributed by atoms with E-state index in [-0.39, 0.29) is 11.6 Å². The van der Waals surface area contributed by atoms with Crippen molar-refractivity contribution < 1.29 is 14.5 Å². The van der Waals surface area contributed by atoms with Crippen molar-refractivity contribution in [3.8, 4) is 17.0 Å². The van der Waals surface area contributed by atoms with Gasteiger partial charge in [-0.15, -0.1) is 0 Å². The fourth-order valence-corrected chi connectivity index (χ4v) is 4.40. The molecule has 0 aliphatic carbocycles. The summed E-state index contributed by atoms with van der Waals surface area (Å²) < 4.78 is 5.23. The number of benzene rings is 3. The normalized spacial score (nSPS) is 14.8. The third-order valence-corrected chi connectivity index (χ3v) is 6.14. The van der Waals surface area contributed by atoms with E-state index in [0.29, 0.717) is 39.8 Å². The monoisotopic (exact) mass is 474 g/mol. The number of hydrogen-bond donors (Lipinski definition) is 1. The van der Waals surface area contributed by atoms with Crippen molar-refractivity contribution in [2.24, 2.45) is 0 Å². The first-order chi connectivity index (χ1) is 16.5. The van der Waals surface area contributed by atoms with Gasteiger partial charge in [0, 0.05) is 34.8 Å². The smallest absolute Gasteiger partial charge is 0.273 e. The maximum Gasteiger partial charge on any atom is 0.273 e. The number of hydrogen-bond acceptors (Lipinski definition) is 5. The van der Waals surface area contributed by atoms with Gasteiger partial charge in [-0.1, -0.05) is 48.0 Å². The molecule has 0 fully saturated rings. The summed E-state index contributed by atoms with van der Waals surface area (Å²) in [5.41, 5.74) is 3.93. The van der Waals surface area contributed by atoms with Crippen LogP contribution in [0.1, 0.15) is 33.2 Å². The number of ether oxygens (including phenoxy) is 1. The van der Waals surface area contributed by atoms with Crippen LogP contribution in [0, 0.1) is 10.1 Å². The second-order valence-electron chi connectivity index (χ2n) is 7.90. The Hall–Kier alpha value is -4.17. The summed E-state index contributed by atoms with van der Waals surface area (Å²) in [5.74, 6) is 0.487. The first-order valence-corrected chi connectivity index (χ1v) is 10.9. The maximum absolute atomic E-state index is 13.5. The molecule has 5 rings (SSSR count). The van der Waals surface area contributed by atoms with Crippen LogP contribution in [0.5, 0.6) is 5.75 Å². The first-order valence-electron chi connectivity index (χ1n) is 10.5. The van der Waals surface area contributed by atoms with E-state index in [0.717, 1.165) is 11.1 Å². The predicted octanol–water partition coefficient (Wildman–Crippen LogP) is 5.39. The molecule has 1 amide bonds.